The second kappa shape index (κ2) is 8.81. The highest BCUT2D eigenvalue weighted by molar-refractivity contribution is 5.31. The molecule has 138 valence electrons. The predicted molar refractivity (Wildman–Crippen MR) is 106 cm³/mol. The summed E-state index contributed by atoms with van der Waals surface area (Å²) in [4.78, 5) is 5.29. The van der Waals surface area contributed by atoms with Crippen LogP contribution in [0.15, 0.2) is 60.7 Å². The summed E-state index contributed by atoms with van der Waals surface area (Å²) < 4.78 is 5.66. The highest BCUT2D eigenvalue weighted by Crippen LogP contribution is 2.29. The molecule has 26 heavy (non-hydrogen) atoms. The van der Waals surface area contributed by atoms with Gasteiger partial charge in [0.05, 0.1) is 12.6 Å². The molecule has 2 aromatic rings. The SMILES string of the molecule is c1ccc(C(c2ccccc2)N2CCN(C[C@H]3CCCOC3)CC2)cc1. The van der Waals surface area contributed by atoms with Gasteiger partial charge in [-0.2, -0.15) is 0 Å². The Kier molecular flexibility index (Phi) is 6.00. The van der Waals surface area contributed by atoms with Gasteiger partial charge in [-0.3, -0.25) is 4.90 Å². The van der Waals surface area contributed by atoms with Crippen molar-refractivity contribution in [2.75, 3.05) is 45.9 Å². The highest BCUT2D eigenvalue weighted by Gasteiger charge is 2.27. The lowest BCUT2D eigenvalue weighted by atomic mass is 9.96. The summed E-state index contributed by atoms with van der Waals surface area (Å²) in [6.07, 6.45) is 2.56. The van der Waals surface area contributed by atoms with Crippen molar-refractivity contribution in [1.82, 2.24) is 9.80 Å². The standard InChI is InChI=1S/C23H30N2O/c1-3-9-21(10-4-1)23(22-11-5-2-6-12-22)25-15-13-24(14-16-25)18-20-8-7-17-26-19-20/h1-6,9-12,20,23H,7-8,13-19H2/t20-/m1/s1. The summed E-state index contributed by atoms with van der Waals surface area (Å²) in [6.45, 7) is 7.69. The van der Waals surface area contributed by atoms with E-state index in [1.165, 1.54) is 30.5 Å². The fourth-order valence-electron chi connectivity index (χ4n) is 4.41. The van der Waals surface area contributed by atoms with E-state index < -0.39 is 0 Å². The summed E-state index contributed by atoms with van der Waals surface area (Å²) in [5, 5.41) is 0. The number of rotatable bonds is 5. The quantitative estimate of drug-likeness (QED) is 0.815. The molecule has 3 heteroatoms. The van der Waals surface area contributed by atoms with Crippen molar-refractivity contribution >= 4 is 0 Å². The van der Waals surface area contributed by atoms with Crippen LogP contribution in [-0.2, 0) is 4.74 Å². The zero-order valence-electron chi connectivity index (χ0n) is 15.6. The number of hydrogen-bond acceptors (Lipinski definition) is 3. The molecule has 0 aromatic heterocycles. The van der Waals surface area contributed by atoms with Crippen LogP contribution in [0.2, 0.25) is 0 Å². The number of benzene rings is 2. The molecule has 0 radical (unpaired) electrons. The van der Waals surface area contributed by atoms with E-state index in [-0.39, 0.29) is 0 Å². The lowest BCUT2D eigenvalue weighted by molar-refractivity contribution is 0.0257. The fourth-order valence-corrected chi connectivity index (χ4v) is 4.41. The Morgan fingerprint density at radius 2 is 1.46 bits per heavy atom. The summed E-state index contributed by atoms with van der Waals surface area (Å²) in [6, 6.07) is 22.3. The molecule has 0 spiro atoms. The van der Waals surface area contributed by atoms with Gasteiger partial charge in [0.15, 0.2) is 0 Å². The van der Waals surface area contributed by atoms with Crippen molar-refractivity contribution in [2.45, 2.75) is 18.9 Å². The summed E-state index contributed by atoms with van der Waals surface area (Å²) >= 11 is 0. The van der Waals surface area contributed by atoms with Crippen molar-refractivity contribution < 1.29 is 4.74 Å². The van der Waals surface area contributed by atoms with E-state index in [0.717, 1.165) is 45.3 Å². The number of piperazine rings is 1. The summed E-state index contributed by atoms with van der Waals surface area (Å²) in [5.74, 6) is 0.731. The Balaban J connectivity index is 1.43. The van der Waals surface area contributed by atoms with E-state index in [4.69, 9.17) is 4.74 Å². The van der Waals surface area contributed by atoms with E-state index in [0.29, 0.717) is 6.04 Å². The second-order valence-electron chi connectivity index (χ2n) is 7.64. The third kappa shape index (κ3) is 4.35. The van der Waals surface area contributed by atoms with Gasteiger partial charge in [0, 0.05) is 39.3 Å². The van der Waals surface area contributed by atoms with Crippen LogP contribution in [0, 0.1) is 5.92 Å². The van der Waals surface area contributed by atoms with Crippen LogP contribution in [0.3, 0.4) is 0 Å². The Bertz CT molecular complexity index is 607. The lowest BCUT2D eigenvalue weighted by Crippen LogP contribution is -2.49. The maximum Gasteiger partial charge on any atom is 0.0602 e. The molecule has 2 aliphatic rings. The first-order valence-corrected chi connectivity index (χ1v) is 10.0. The normalized spacial score (nSPS) is 22.6. The van der Waals surface area contributed by atoms with Crippen molar-refractivity contribution in [3.63, 3.8) is 0 Å². The average Bonchev–Trinajstić information content (AvgIpc) is 2.72. The molecule has 0 aliphatic carbocycles. The maximum atomic E-state index is 5.66. The summed E-state index contributed by atoms with van der Waals surface area (Å²) in [5.41, 5.74) is 2.79. The van der Waals surface area contributed by atoms with Crippen LogP contribution < -0.4 is 0 Å². The molecule has 0 bridgehead atoms. The van der Waals surface area contributed by atoms with Gasteiger partial charge in [0.2, 0.25) is 0 Å². The molecule has 1 atom stereocenters. The van der Waals surface area contributed by atoms with Gasteiger partial charge >= 0.3 is 0 Å². The van der Waals surface area contributed by atoms with Crippen molar-refractivity contribution in [2.24, 2.45) is 5.92 Å². The van der Waals surface area contributed by atoms with Gasteiger partial charge in [0.1, 0.15) is 0 Å². The smallest absolute Gasteiger partial charge is 0.0602 e. The molecule has 2 fully saturated rings. The molecule has 2 aliphatic heterocycles. The second-order valence-corrected chi connectivity index (χ2v) is 7.64. The van der Waals surface area contributed by atoms with E-state index in [1.54, 1.807) is 0 Å². The van der Waals surface area contributed by atoms with Crippen LogP contribution in [0.1, 0.15) is 30.0 Å². The third-order valence-electron chi connectivity index (χ3n) is 5.77. The number of nitrogens with zero attached hydrogens (tertiary/aromatic N) is 2. The van der Waals surface area contributed by atoms with Crippen molar-refractivity contribution in [3.8, 4) is 0 Å². The topological polar surface area (TPSA) is 15.7 Å². The minimum atomic E-state index is 0.359. The minimum Gasteiger partial charge on any atom is -0.381 e. The van der Waals surface area contributed by atoms with Gasteiger partial charge in [-0.1, -0.05) is 60.7 Å². The monoisotopic (exact) mass is 350 g/mol. The van der Waals surface area contributed by atoms with Crippen molar-refractivity contribution in [1.29, 1.82) is 0 Å². The maximum absolute atomic E-state index is 5.66. The van der Waals surface area contributed by atoms with E-state index in [2.05, 4.69) is 70.5 Å². The molecule has 3 nitrogen and oxygen atoms in total. The fraction of sp³-hybridized carbons (Fsp3) is 0.478. The van der Waals surface area contributed by atoms with E-state index in [9.17, 15) is 0 Å². The average molecular weight is 351 g/mol. The highest BCUT2D eigenvalue weighted by atomic mass is 16.5. The zero-order valence-corrected chi connectivity index (χ0v) is 15.6. The molecule has 0 unspecified atom stereocenters. The molecule has 2 aromatic carbocycles. The van der Waals surface area contributed by atoms with Crippen LogP contribution >= 0.6 is 0 Å². The Morgan fingerprint density at radius 1 is 0.846 bits per heavy atom. The Morgan fingerprint density at radius 3 is 2.00 bits per heavy atom. The zero-order chi connectivity index (χ0) is 17.6. The van der Waals surface area contributed by atoms with E-state index >= 15 is 0 Å². The molecular weight excluding hydrogens is 320 g/mol. The molecule has 0 saturated carbocycles. The number of hydrogen-bond donors (Lipinski definition) is 0. The molecule has 4 rings (SSSR count). The molecule has 0 amide bonds. The first-order chi connectivity index (χ1) is 12.9. The van der Waals surface area contributed by atoms with Crippen LogP contribution in [-0.4, -0.2) is 55.7 Å². The predicted octanol–water partition coefficient (Wildman–Crippen LogP) is 3.82. The lowest BCUT2D eigenvalue weighted by Gasteiger charge is -2.41. The molecular formula is C23H30N2O. The Hall–Kier alpha value is -1.68. The third-order valence-corrected chi connectivity index (χ3v) is 5.77. The summed E-state index contributed by atoms with van der Waals surface area (Å²) in [7, 11) is 0. The van der Waals surface area contributed by atoms with Gasteiger partial charge in [0.25, 0.3) is 0 Å². The Labute approximate surface area is 157 Å². The van der Waals surface area contributed by atoms with Crippen molar-refractivity contribution in [3.05, 3.63) is 71.8 Å². The van der Waals surface area contributed by atoms with Crippen LogP contribution in [0.5, 0.6) is 0 Å². The first-order valence-electron chi connectivity index (χ1n) is 10.0. The largest absolute Gasteiger partial charge is 0.381 e. The van der Waals surface area contributed by atoms with Crippen LogP contribution in [0.25, 0.3) is 0 Å². The molecule has 2 heterocycles. The van der Waals surface area contributed by atoms with Gasteiger partial charge < -0.3 is 9.64 Å². The molecule has 0 N–H and O–H groups in total. The van der Waals surface area contributed by atoms with Gasteiger partial charge in [-0.05, 0) is 29.9 Å². The van der Waals surface area contributed by atoms with Gasteiger partial charge in [-0.25, -0.2) is 0 Å². The first kappa shape index (κ1) is 17.7. The van der Waals surface area contributed by atoms with E-state index in [1.807, 2.05) is 0 Å². The number of ether oxygens (including phenoxy) is 1. The molecule has 2 saturated heterocycles. The minimum absolute atomic E-state index is 0.359. The van der Waals surface area contributed by atoms with Gasteiger partial charge in [-0.15, -0.1) is 0 Å². The van der Waals surface area contributed by atoms with Crippen LogP contribution in [0.4, 0.5) is 0 Å².